The molecule has 3 aliphatic rings. The SMILES string of the molecule is COc1cccc(CN(C(=O)C2=C(c3ccc(OCCOc4cc(C)c(C)cc4Cl)cc3)C[C@@H]3CN(C(C)=O)C[C@H]2N3)C2CC2)c1. The van der Waals surface area contributed by atoms with E-state index in [4.69, 9.17) is 25.8 Å². The van der Waals surface area contributed by atoms with Crippen LogP contribution in [0.4, 0.5) is 0 Å². The molecular weight excluding hydrogens is 602 g/mol. The minimum Gasteiger partial charge on any atom is -0.497 e. The first-order valence-electron chi connectivity index (χ1n) is 16.0. The van der Waals surface area contributed by atoms with Gasteiger partial charge in [0.1, 0.15) is 30.5 Å². The number of benzene rings is 3. The van der Waals surface area contributed by atoms with Gasteiger partial charge in [-0.15, -0.1) is 0 Å². The summed E-state index contributed by atoms with van der Waals surface area (Å²) in [5.41, 5.74) is 6.07. The van der Waals surface area contributed by atoms with Crippen LogP contribution in [-0.2, 0) is 16.1 Å². The van der Waals surface area contributed by atoms with Crippen LogP contribution >= 0.6 is 11.6 Å². The van der Waals surface area contributed by atoms with Crippen LogP contribution in [0.15, 0.2) is 66.2 Å². The number of methoxy groups -OCH3 is 1. The highest BCUT2D eigenvalue weighted by Gasteiger charge is 2.43. The fourth-order valence-electron chi connectivity index (χ4n) is 6.43. The average Bonchev–Trinajstić information content (AvgIpc) is 3.89. The maximum absolute atomic E-state index is 14.6. The highest BCUT2D eigenvalue weighted by atomic mass is 35.5. The Labute approximate surface area is 276 Å². The van der Waals surface area contributed by atoms with E-state index in [0.29, 0.717) is 50.0 Å². The number of hydrogen-bond donors (Lipinski definition) is 1. The molecule has 2 bridgehead atoms. The van der Waals surface area contributed by atoms with Gasteiger partial charge in [0.25, 0.3) is 5.91 Å². The molecule has 3 aromatic rings. The number of aryl methyl sites for hydroxylation is 2. The zero-order valence-electron chi connectivity index (χ0n) is 27.0. The van der Waals surface area contributed by atoms with E-state index in [1.165, 1.54) is 0 Å². The Hall–Kier alpha value is -4.01. The number of halogens is 1. The highest BCUT2D eigenvalue weighted by molar-refractivity contribution is 6.32. The Bertz CT molecular complexity index is 1630. The quantitative estimate of drug-likeness (QED) is 0.260. The molecule has 2 atom stereocenters. The van der Waals surface area contributed by atoms with Crippen molar-refractivity contribution in [2.24, 2.45) is 0 Å². The van der Waals surface area contributed by atoms with Crippen molar-refractivity contribution < 1.29 is 23.8 Å². The zero-order valence-corrected chi connectivity index (χ0v) is 27.7. The van der Waals surface area contributed by atoms with Crippen molar-refractivity contribution in [3.05, 3.63) is 93.5 Å². The second kappa shape index (κ2) is 13.8. The van der Waals surface area contributed by atoms with Crippen LogP contribution < -0.4 is 19.5 Å². The summed E-state index contributed by atoms with van der Waals surface area (Å²) in [6.45, 7) is 7.99. The number of nitrogens with zero attached hydrogens (tertiary/aromatic N) is 2. The molecule has 0 spiro atoms. The van der Waals surface area contributed by atoms with Crippen LogP contribution in [0.25, 0.3) is 5.57 Å². The molecule has 1 N–H and O–H groups in total. The molecule has 9 heteroatoms. The van der Waals surface area contributed by atoms with Crippen molar-refractivity contribution in [3.63, 3.8) is 0 Å². The van der Waals surface area contributed by atoms with Gasteiger partial charge in [-0.2, -0.15) is 0 Å². The fourth-order valence-corrected chi connectivity index (χ4v) is 6.70. The monoisotopic (exact) mass is 643 g/mol. The van der Waals surface area contributed by atoms with Crippen molar-refractivity contribution in [1.29, 1.82) is 0 Å². The third kappa shape index (κ3) is 7.18. The van der Waals surface area contributed by atoms with Crippen LogP contribution in [0.3, 0.4) is 0 Å². The van der Waals surface area contributed by atoms with Gasteiger partial charge in [0.2, 0.25) is 5.91 Å². The average molecular weight is 644 g/mol. The van der Waals surface area contributed by atoms with Gasteiger partial charge in [-0.3, -0.25) is 9.59 Å². The van der Waals surface area contributed by atoms with E-state index in [-0.39, 0.29) is 29.9 Å². The number of rotatable bonds is 11. The summed E-state index contributed by atoms with van der Waals surface area (Å²) < 4.78 is 17.3. The predicted molar refractivity (Wildman–Crippen MR) is 179 cm³/mol. The maximum Gasteiger partial charge on any atom is 0.252 e. The summed E-state index contributed by atoms with van der Waals surface area (Å²) in [5.74, 6) is 2.22. The second-order valence-corrected chi connectivity index (χ2v) is 12.9. The molecule has 46 heavy (non-hydrogen) atoms. The summed E-state index contributed by atoms with van der Waals surface area (Å²) in [5, 5.41) is 4.26. The normalized spacial score (nSPS) is 19.1. The molecule has 1 saturated carbocycles. The van der Waals surface area contributed by atoms with Gasteiger partial charge in [0.05, 0.1) is 18.2 Å². The zero-order chi connectivity index (χ0) is 32.4. The van der Waals surface area contributed by atoms with E-state index in [1.54, 1.807) is 14.0 Å². The lowest BCUT2D eigenvalue weighted by molar-refractivity contribution is -0.132. The lowest BCUT2D eigenvalue weighted by Gasteiger charge is -2.44. The number of fused-ring (bicyclic) bond motifs is 2. The van der Waals surface area contributed by atoms with Gasteiger partial charge in [-0.05, 0) is 97.3 Å². The molecule has 0 aromatic heterocycles. The van der Waals surface area contributed by atoms with Gasteiger partial charge in [-0.1, -0.05) is 35.9 Å². The number of hydrogen-bond acceptors (Lipinski definition) is 6. The number of piperazine rings is 1. The lowest BCUT2D eigenvalue weighted by Crippen LogP contribution is -2.61. The molecule has 2 fully saturated rings. The van der Waals surface area contributed by atoms with E-state index in [0.717, 1.165) is 57.7 Å². The van der Waals surface area contributed by atoms with Gasteiger partial charge in [0.15, 0.2) is 0 Å². The number of nitrogens with one attached hydrogen (secondary N) is 1. The third-order valence-electron chi connectivity index (χ3n) is 9.18. The van der Waals surface area contributed by atoms with Gasteiger partial charge < -0.3 is 29.3 Å². The smallest absolute Gasteiger partial charge is 0.252 e. The first-order chi connectivity index (χ1) is 22.2. The van der Waals surface area contributed by atoms with Crippen LogP contribution in [0, 0.1) is 13.8 Å². The van der Waals surface area contributed by atoms with Gasteiger partial charge >= 0.3 is 0 Å². The molecule has 6 rings (SSSR count). The van der Waals surface area contributed by atoms with Crippen LogP contribution in [0.2, 0.25) is 5.02 Å². The molecular formula is C37H42ClN3O5. The van der Waals surface area contributed by atoms with Crippen molar-refractivity contribution >= 4 is 29.0 Å². The number of ether oxygens (including phenoxy) is 3. The first kappa shape index (κ1) is 32.0. The first-order valence-corrected chi connectivity index (χ1v) is 16.4. The Balaban J connectivity index is 1.22. The molecule has 1 aliphatic carbocycles. The van der Waals surface area contributed by atoms with E-state index in [9.17, 15) is 9.59 Å². The van der Waals surface area contributed by atoms with Gasteiger partial charge in [0, 0.05) is 44.2 Å². The van der Waals surface area contributed by atoms with Crippen LogP contribution in [-0.4, -0.2) is 73.2 Å². The Morgan fingerprint density at radius 1 is 0.957 bits per heavy atom. The Morgan fingerprint density at radius 3 is 2.41 bits per heavy atom. The Morgan fingerprint density at radius 2 is 1.70 bits per heavy atom. The molecule has 0 unspecified atom stereocenters. The molecule has 242 valence electrons. The lowest BCUT2D eigenvalue weighted by atomic mass is 9.82. The van der Waals surface area contributed by atoms with Gasteiger partial charge in [-0.25, -0.2) is 0 Å². The highest BCUT2D eigenvalue weighted by Crippen LogP contribution is 2.38. The molecule has 2 heterocycles. The summed E-state index contributed by atoms with van der Waals surface area (Å²) in [4.78, 5) is 30.9. The molecule has 2 amide bonds. The topological polar surface area (TPSA) is 80.3 Å². The fraction of sp³-hybridized carbons (Fsp3) is 0.405. The van der Waals surface area contributed by atoms with E-state index < -0.39 is 0 Å². The number of amides is 2. The van der Waals surface area contributed by atoms with E-state index in [2.05, 4.69) is 5.32 Å². The van der Waals surface area contributed by atoms with Crippen molar-refractivity contribution in [1.82, 2.24) is 15.1 Å². The summed E-state index contributed by atoms with van der Waals surface area (Å²) in [6, 6.07) is 19.8. The minimum absolute atomic E-state index is 0.0316. The third-order valence-corrected chi connectivity index (χ3v) is 9.47. The predicted octanol–water partition coefficient (Wildman–Crippen LogP) is 5.96. The van der Waals surface area contributed by atoms with Crippen molar-refractivity contribution in [3.8, 4) is 17.2 Å². The number of carbonyl (C=O) groups excluding carboxylic acids is 2. The second-order valence-electron chi connectivity index (χ2n) is 12.5. The maximum atomic E-state index is 14.6. The molecule has 2 aliphatic heterocycles. The van der Waals surface area contributed by atoms with Crippen molar-refractivity contribution in [2.75, 3.05) is 33.4 Å². The summed E-state index contributed by atoms with van der Waals surface area (Å²) in [6.07, 6.45) is 2.64. The van der Waals surface area contributed by atoms with Crippen molar-refractivity contribution in [2.45, 2.75) is 64.7 Å². The van der Waals surface area contributed by atoms with Crippen LogP contribution in [0.1, 0.15) is 48.4 Å². The minimum atomic E-state index is -0.240. The largest absolute Gasteiger partial charge is 0.497 e. The summed E-state index contributed by atoms with van der Waals surface area (Å²) >= 11 is 6.35. The standard InChI is InChI=1S/C37H42ClN3O5/c1-23-16-33(38)35(17-24(23)2)46-15-14-45-30-12-8-27(9-13-30)32-19-28-21-40(25(3)42)22-34(39-28)36(32)37(43)41(29-10-11-29)20-26-6-5-7-31(18-26)44-4/h5-9,12-13,16-18,28-29,34,39H,10-11,14-15,19-22H2,1-4H3/t28-,34-/m1/s1. The molecule has 3 aromatic carbocycles. The molecule has 0 radical (unpaired) electrons. The number of carbonyl (C=O) groups is 2. The molecule has 1 saturated heterocycles. The van der Waals surface area contributed by atoms with E-state index >= 15 is 0 Å². The summed E-state index contributed by atoms with van der Waals surface area (Å²) in [7, 11) is 1.65. The van der Waals surface area contributed by atoms with Crippen LogP contribution in [0.5, 0.6) is 17.2 Å². The van der Waals surface area contributed by atoms with E-state index in [1.807, 2.05) is 84.3 Å². The molecule has 8 nitrogen and oxygen atoms in total. The Kier molecular flexibility index (Phi) is 9.57.